The van der Waals surface area contributed by atoms with Crippen molar-refractivity contribution in [3.8, 4) is 0 Å². The van der Waals surface area contributed by atoms with Crippen LogP contribution in [0.1, 0.15) is 19.5 Å². The summed E-state index contributed by atoms with van der Waals surface area (Å²) in [6, 6.07) is -1.13. The number of hydrogen-bond acceptors (Lipinski definition) is 9. The van der Waals surface area contributed by atoms with Crippen LogP contribution in [0.15, 0.2) is 5.38 Å². The number of nitrogen functional groups attached to an aromatic ring is 1. The number of β-lactam (4-membered cyclic amide) rings is 1. The number of aromatic nitrogens is 1. The average Bonchev–Trinajstić information content (AvgIpc) is 2.86. The Kier molecular flexibility index (Phi) is 4.14. The van der Waals surface area contributed by atoms with Gasteiger partial charge < -0.3 is 11.1 Å². The number of nitrogens with zero attached hydrogens (tertiary/aromatic N) is 2. The topological polar surface area (TPSA) is 176 Å². The van der Waals surface area contributed by atoms with Crippen LogP contribution in [-0.4, -0.2) is 52.1 Å². The van der Waals surface area contributed by atoms with Crippen LogP contribution in [0.2, 0.25) is 0 Å². The van der Waals surface area contributed by atoms with E-state index in [-0.39, 0.29) is 10.8 Å². The van der Waals surface area contributed by atoms with Gasteiger partial charge in [0.15, 0.2) is 5.13 Å². The van der Waals surface area contributed by atoms with E-state index in [0.29, 0.717) is 5.06 Å². The number of anilines is 1. The number of amides is 2. The average molecular weight is 363 g/mol. The fraction of sp³-hybridized carbons (Fsp3) is 0.400. The second-order valence-electron chi connectivity index (χ2n) is 5.14. The molecule has 2 heterocycles. The Hall–Kier alpha value is -2.09. The molecule has 1 fully saturated rings. The van der Waals surface area contributed by atoms with Gasteiger partial charge in [0, 0.05) is 5.38 Å². The molecule has 0 saturated carbocycles. The monoisotopic (exact) mass is 363 g/mol. The van der Waals surface area contributed by atoms with Gasteiger partial charge in [0.1, 0.15) is 17.4 Å². The fourth-order valence-corrected chi connectivity index (χ4v) is 2.95. The lowest BCUT2D eigenvalue weighted by Gasteiger charge is -2.50. The largest absolute Gasteiger partial charge is 0.418 e. The minimum atomic E-state index is -4.87. The molecule has 1 aliphatic rings. The van der Waals surface area contributed by atoms with Crippen molar-refractivity contribution >= 4 is 44.4 Å². The Morgan fingerprint density at radius 1 is 1.61 bits per heavy atom. The van der Waals surface area contributed by atoms with Crippen LogP contribution in [0.4, 0.5) is 5.13 Å². The molecule has 2 amide bonds. The molecule has 0 spiro atoms. The number of carbonyl (C=O) groups excluding carboxylic acids is 2. The molecule has 5 N–H and O–H groups in total. The standard InChI is InChI=1S/C10H13N5O6S2/c1-10(2)6(8(17)15(10)21-23(18,19)20)14-7(16)5(11)4-3-22-9(12)13-4/h3,6,11H,1-2H3,(H2,12,13)(H,14,16)(H,18,19,20). The van der Waals surface area contributed by atoms with Crippen LogP contribution in [-0.2, 0) is 24.3 Å². The van der Waals surface area contributed by atoms with Crippen LogP contribution in [0.5, 0.6) is 0 Å². The van der Waals surface area contributed by atoms with Gasteiger partial charge in [-0.05, 0) is 13.8 Å². The van der Waals surface area contributed by atoms with Crippen molar-refractivity contribution in [2.75, 3.05) is 5.73 Å². The molecule has 0 aromatic carbocycles. The zero-order valence-corrected chi connectivity index (χ0v) is 13.6. The molecular formula is C10H13N5O6S2. The number of rotatable bonds is 5. The number of hydroxylamine groups is 2. The molecule has 11 nitrogen and oxygen atoms in total. The summed E-state index contributed by atoms with van der Waals surface area (Å²) in [6.45, 7) is 2.82. The highest BCUT2D eigenvalue weighted by Crippen LogP contribution is 2.32. The summed E-state index contributed by atoms with van der Waals surface area (Å²) < 4.78 is 34.1. The normalized spacial score (nSPS) is 20.0. The van der Waals surface area contributed by atoms with Crippen LogP contribution in [0.3, 0.4) is 0 Å². The van der Waals surface area contributed by atoms with Crippen molar-refractivity contribution in [1.82, 2.24) is 15.4 Å². The van der Waals surface area contributed by atoms with Gasteiger partial charge in [-0.1, -0.05) is 0 Å². The summed E-state index contributed by atoms with van der Waals surface area (Å²) in [6.07, 6.45) is 0. The Morgan fingerprint density at radius 2 is 2.22 bits per heavy atom. The first kappa shape index (κ1) is 17.3. The second kappa shape index (κ2) is 5.52. The molecule has 2 rings (SSSR count). The molecule has 13 heteroatoms. The molecule has 1 aromatic heterocycles. The van der Waals surface area contributed by atoms with Crippen molar-refractivity contribution in [1.29, 1.82) is 5.41 Å². The van der Waals surface area contributed by atoms with Crippen molar-refractivity contribution in [2.45, 2.75) is 25.4 Å². The van der Waals surface area contributed by atoms with E-state index in [9.17, 15) is 18.0 Å². The first-order valence-electron chi connectivity index (χ1n) is 6.05. The molecule has 1 aromatic rings. The second-order valence-corrected chi connectivity index (χ2v) is 7.04. The molecule has 126 valence electrons. The maximum atomic E-state index is 12.0. The van der Waals surface area contributed by atoms with E-state index in [0.717, 1.165) is 11.3 Å². The lowest BCUT2D eigenvalue weighted by Crippen LogP contribution is -2.76. The number of nitrogens with two attached hydrogens (primary N) is 1. The SMILES string of the molecule is CC1(C)C(NC(=O)C(=N)c2csc(N)n2)C(=O)N1OS(=O)(=O)O. The van der Waals surface area contributed by atoms with E-state index in [1.54, 1.807) is 0 Å². The van der Waals surface area contributed by atoms with E-state index in [1.165, 1.54) is 19.2 Å². The van der Waals surface area contributed by atoms with E-state index in [2.05, 4.69) is 14.6 Å². The third kappa shape index (κ3) is 3.31. The molecule has 1 saturated heterocycles. The molecule has 1 atom stereocenters. The van der Waals surface area contributed by atoms with Crippen LogP contribution >= 0.6 is 11.3 Å². The van der Waals surface area contributed by atoms with Crippen LogP contribution in [0, 0.1) is 5.41 Å². The summed E-state index contributed by atoms with van der Waals surface area (Å²) in [5, 5.41) is 12.0. The summed E-state index contributed by atoms with van der Waals surface area (Å²) in [5.41, 5.74) is 3.74. The third-order valence-corrected chi connectivity index (χ3v) is 4.14. The highest BCUT2D eigenvalue weighted by molar-refractivity contribution is 7.80. The van der Waals surface area contributed by atoms with Crippen LogP contribution < -0.4 is 11.1 Å². The van der Waals surface area contributed by atoms with Crippen molar-refractivity contribution in [3.05, 3.63) is 11.1 Å². The Morgan fingerprint density at radius 3 is 2.65 bits per heavy atom. The molecule has 23 heavy (non-hydrogen) atoms. The van der Waals surface area contributed by atoms with E-state index < -0.39 is 39.5 Å². The molecule has 0 aliphatic carbocycles. The minimum absolute atomic E-state index is 0.0561. The van der Waals surface area contributed by atoms with Gasteiger partial charge in [-0.3, -0.25) is 19.6 Å². The number of carbonyl (C=O) groups is 2. The molecule has 1 aliphatic heterocycles. The van der Waals surface area contributed by atoms with Gasteiger partial charge >= 0.3 is 10.4 Å². The minimum Gasteiger partial charge on any atom is -0.375 e. The zero-order valence-electron chi connectivity index (χ0n) is 11.9. The lowest BCUT2D eigenvalue weighted by molar-refractivity contribution is -0.218. The predicted molar refractivity (Wildman–Crippen MR) is 78.8 cm³/mol. The number of nitrogens with one attached hydrogen (secondary N) is 2. The van der Waals surface area contributed by atoms with E-state index in [4.69, 9.17) is 15.7 Å². The Bertz CT molecular complexity index is 785. The quantitative estimate of drug-likeness (QED) is 0.290. The molecule has 0 bridgehead atoms. The van der Waals surface area contributed by atoms with Gasteiger partial charge in [-0.2, -0.15) is 13.5 Å². The summed E-state index contributed by atoms with van der Waals surface area (Å²) in [7, 11) is -4.87. The summed E-state index contributed by atoms with van der Waals surface area (Å²) in [4.78, 5) is 27.6. The van der Waals surface area contributed by atoms with E-state index in [1.807, 2.05) is 0 Å². The highest BCUT2D eigenvalue weighted by atomic mass is 32.3. The number of thiazole rings is 1. The van der Waals surface area contributed by atoms with Gasteiger partial charge in [0.2, 0.25) is 0 Å². The van der Waals surface area contributed by atoms with Gasteiger partial charge in [-0.15, -0.1) is 15.6 Å². The van der Waals surface area contributed by atoms with Crippen molar-refractivity contribution in [3.63, 3.8) is 0 Å². The maximum Gasteiger partial charge on any atom is 0.418 e. The van der Waals surface area contributed by atoms with Gasteiger partial charge in [0.05, 0.1) is 5.54 Å². The third-order valence-electron chi connectivity index (χ3n) is 3.13. The summed E-state index contributed by atoms with van der Waals surface area (Å²) in [5.74, 6) is -1.76. The molecule has 1 unspecified atom stereocenters. The lowest BCUT2D eigenvalue weighted by atomic mass is 9.84. The van der Waals surface area contributed by atoms with Crippen molar-refractivity contribution < 1.29 is 26.8 Å². The molecule has 0 radical (unpaired) electrons. The first-order valence-corrected chi connectivity index (χ1v) is 8.30. The molecular weight excluding hydrogens is 350 g/mol. The van der Waals surface area contributed by atoms with Crippen molar-refractivity contribution in [2.24, 2.45) is 0 Å². The van der Waals surface area contributed by atoms with E-state index >= 15 is 0 Å². The zero-order chi connectivity index (χ0) is 17.6. The van der Waals surface area contributed by atoms with Gasteiger partial charge in [0.25, 0.3) is 11.8 Å². The first-order chi connectivity index (χ1) is 10.4. The van der Waals surface area contributed by atoms with Gasteiger partial charge in [-0.25, -0.2) is 4.98 Å². The highest BCUT2D eigenvalue weighted by Gasteiger charge is 2.58. The Labute approximate surface area is 134 Å². The van der Waals surface area contributed by atoms with Crippen LogP contribution in [0.25, 0.3) is 0 Å². The maximum absolute atomic E-state index is 12.0. The summed E-state index contributed by atoms with van der Waals surface area (Å²) >= 11 is 1.05. The fourth-order valence-electron chi connectivity index (χ4n) is 1.94. The smallest absolute Gasteiger partial charge is 0.375 e. The predicted octanol–water partition coefficient (Wildman–Crippen LogP) is -1.07. The number of hydrogen-bond donors (Lipinski definition) is 4. The Balaban J connectivity index is 2.08.